The molecule has 5 heteroatoms. The number of aromatic nitrogens is 2. The lowest BCUT2D eigenvalue weighted by molar-refractivity contribution is 0.655. The Balaban J connectivity index is 2.43. The standard InChI is InChI=1S/C12H13ClIN3/c1-2-17-6-5-16-12(17)11(15)9-7-8(13)3-4-10(9)14/h3-7,11H,2,15H2,1H3. The molecular weight excluding hydrogens is 349 g/mol. The van der Waals surface area contributed by atoms with Crippen LogP contribution in [0.4, 0.5) is 0 Å². The average Bonchev–Trinajstić information content (AvgIpc) is 2.79. The van der Waals surface area contributed by atoms with Gasteiger partial charge in [0, 0.05) is 27.5 Å². The highest BCUT2D eigenvalue weighted by molar-refractivity contribution is 14.1. The first-order chi connectivity index (χ1) is 8.13. The van der Waals surface area contributed by atoms with Crippen molar-refractivity contribution in [2.24, 2.45) is 5.73 Å². The van der Waals surface area contributed by atoms with E-state index in [2.05, 4.69) is 34.5 Å². The summed E-state index contributed by atoms with van der Waals surface area (Å²) in [5, 5.41) is 0.700. The maximum absolute atomic E-state index is 6.26. The maximum Gasteiger partial charge on any atom is 0.130 e. The molecule has 2 aromatic rings. The lowest BCUT2D eigenvalue weighted by atomic mass is 10.1. The molecule has 1 aromatic carbocycles. The van der Waals surface area contributed by atoms with E-state index < -0.39 is 0 Å². The SMILES string of the molecule is CCn1ccnc1C(N)c1cc(Cl)ccc1I. The van der Waals surface area contributed by atoms with Crippen molar-refractivity contribution in [3.63, 3.8) is 0 Å². The van der Waals surface area contributed by atoms with Crippen molar-refractivity contribution in [1.29, 1.82) is 0 Å². The van der Waals surface area contributed by atoms with Gasteiger partial charge in [0.1, 0.15) is 5.82 Å². The van der Waals surface area contributed by atoms with Crippen LogP contribution in [0.25, 0.3) is 0 Å². The third kappa shape index (κ3) is 2.64. The third-order valence-electron chi connectivity index (χ3n) is 2.66. The third-order valence-corrected chi connectivity index (χ3v) is 3.88. The lowest BCUT2D eigenvalue weighted by Crippen LogP contribution is -2.18. The summed E-state index contributed by atoms with van der Waals surface area (Å²) < 4.78 is 3.15. The van der Waals surface area contributed by atoms with E-state index in [1.807, 2.05) is 29.0 Å². The zero-order chi connectivity index (χ0) is 12.4. The van der Waals surface area contributed by atoms with E-state index in [0.29, 0.717) is 5.02 Å². The Bertz CT molecular complexity index is 524. The van der Waals surface area contributed by atoms with Gasteiger partial charge in [0.2, 0.25) is 0 Å². The summed E-state index contributed by atoms with van der Waals surface area (Å²) in [5.74, 6) is 0.868. The minimum Gasteiger partial charge on any atom is -0.334 e. The normalized spacial score (nSPS) is 12.7. The molecule has 1 heterocycles. The fraction of sp³-hybridized carbons (Fsp3) is 0.250. The van der Waals surface area contributed by atoms with Crippen LogP contribution in [0.1, 0.15) is 24.4 Å². The highest BCUT2D eigenvalue weighted by Crippen LogP contribution is 2.26. The van der Waals surface area contributed by atoms with Gasteiger partial charge in [-0.3, -0.25) is 0 Å². The molecule has 0 spiro atoms. The number of nitrogens with two attached hydrogens (primary N) is 1. The van der Waals surface area contributed by atoms with E-state index in [1.54, 1.807) is 6.20 Å². The van der Waals surface area contributed by atoms with E-state index >= 15 is 0 Å². The van der Waals surface area contributed by atoms with Gasteiger partial charge in [-0.2, -0.15) is 0 Å². The highest BCUT2D eigenvalue weighted by atomic mass is 127. The molecule has 0 aliphatic carbocycles. The van der Waals surface area contributed by atoms with Crippen LogP contribution >= 0.6 is 34.2 Å². The van der Waals surface area contributed by atoms with Crippen LogP contribution in [0, 0.1) is 3.57 Å². The highest BCUT2D eigenvalue weighted by Gasteiger charge is 2.17. The predicted molar refractivity (Wildman–Crippen MR) is 78.1 cm³/mol. The fourth-order valence-corrected chi connectivity index (χ4v) is 2.61. The molecular formula is C12H13ClIN3. The molecule has 1 atom stereocenters. The first kappa shape index (κ1) is 12.9. The second-order valence-electron chi connectivity index (χ2n) is 3.71. The Morgan fingerprint density at radius 1 is 1.53 bits per heavy atom. The van der Waals surface area contributed by atoms with Gasteiger partial charge in [-0.25, -0.2) is 4.98 Å². The van der Waals surface area contributed by atoms with Gasteiger partial charge < -0.3 is 10.3 Å². The first-order valence-electron chi connectivity index (χ1n) is 5.35. The zero-order valence-electron chi connectivity index (χ0n) is 9.40. The molecule has 0 aliphatic heterocycles. The topological polar surface area (TPSA) is 43.8 Å². The second-order valence-corrected chi connectivity index (χ2v) is 5.31. The van der Waals surface area contributed by atoms with Crippen LogP contribution in [-0.4, -0.2) is 9.55 Å². The molecule has 0 saturated heterocycles. The molecule has 0 bridgehead atoms. The van der Waals surface area contributed by atoms with Gasteiger partial charge in [0.15, 0.2) is 0 Å². The summed E-state index contributed by atoms with van der Waals surface area (Å²) in [5.41, 5.74) is 7.27. The van der Waals surface area contributed by atoms with E-state index in [-0.39, 0.29) is 6.04 Å². The summed E-state index contributed by atoms with van der Waals surface area (Å²) in [6.07, 6.45) is 3.71. The summed E-state index contributed by atoms with van der Waals surface area (Å²) in [6.45, 7) is 2.93. The minimum atomic E-state index is -0.240. The first-order valence-corrected chi connectivity index (χ1v) is 6.80. The van der Waals surface area contributed by atoms with Crippen molar-refractivity contribution >= 4 is 34.2 Å². The van der Waals surface area contributed by atoms with Crippen molar-refractivity contribution < 1.29 is 0 Å². The number of rotatable bonds is 3. The molecule has 90 valence electrons. The van der Waals surface area contributed by atoms with Crippen LogP contribution in [-0.2, 0) is 6.54 Å². The number of benzene rings is 1. The molecule has 0 radical (unpaired) electrons. The largest absolute Gasteiger partial charge is 0.334 e. The number of imidazole rings is 1. The second kappa shape index (κ2) is 5.37. The van der Waals surface area contributed by atoms with Crippen LogP contribution < -0.4 is 5.73 Å². The fourth-order valence-electron chi connectivity index (χ4n) is 1.76. The Labute approximate surface area is 119 Å². The molecule has 0 amide bonds. The molecule has 0 aliphatic rings. The summed E-state index contributed by atoms with van der Waals surface area (Å²) in [7, 11) is 0. The predicted octanol–water partition coefficient (Wildman–Crippen LogP) is 3.21. The van der Waals surface area contributed by atoms with Gasteiger partial charge >= 0.3 is 0 Å². The smallest absolute Gasteiger partial charge is 0.130 e. The minimum absolute atomic E-state index is 0.240. The molecule has 0 saturated carbocycles. The number of hydrogen-bond donors (Lipinski definition) is 1. The molecule has 2 rings (SSSR count). The van der Waals surface area contributed by atoms with Crippen molar-refractivity contribution in [2.75, 3.05) is 0 Å². The van der Waals surface area contributed by atoms with Crippen LogP contribution in [0.15, 0.2) is 30.6 Å². The van der Waals surface area contributed by atoms with E-state index in [9.17, 15) is 0 Å². The quantitative estimate of drug-likeness (QED) is 0.853. The Morgan fingerprint density at radius 3 is 3.00 bits per heavy atom. The Kier molecular flexibility index (Phi) is 4.06. The number of hydrogen-bond acceptors (Lipinski definition) is 2. The maximum atomic E-state index is 6.26. The van der Waals surface area contributed by atoms with Crippen LogP contribution in [0.3, 0.4) is 0 Å². The molecule has 2 N–H and O–H groups in total. The Morgan fingerprint density at radius 2 is 2.29 bits per heavy atom. The number of nitrogens with zero attached hydrogens (tertiary/aromatic N) is 2. The number of halogens is 2. The van der Waals surface area contributed by atoms with E-state index in [0.717, 1.165) is 21.5 Å². The summed E-state index contributed by atoms with van der Waals surface area (Å²) in [4.78, 5) is 4.33. The van der Waals surface area contributed by atoms with Crippen LogP contribution in [0.2, 0.25) is 5.02 Å². The van der Waals surface area contributed by atoms with Gasteiger partial charge in [-0.1, -0.05) is 11.6 Å². The molecule has 0 fully saturated rings. The number of aryl methyl sites for hydroxylation is 1. The molecule has 1 aromatic heterocycles. The summed E-state index contributed by atoms with van der Waals surface area (Å²) in [6, 6.07) is 5.50. The van der Waals surface area contributed by atoms with Crippen LogP contribution in [0.5, 0.6) is 0 Å². The average molecular weight is 362 g/mol. The molecule has 3 nitrogen and oxygen atoms in total. The van der Waals surface area contributed by atoms with Gasteiger partial charge in [-0.15, -0.1) is 0 Å². The molecule has 17 heavy (non-hydrogen) atoms. The Hall–Kier alpha value is -0.590. The van der Waals surface area contributed by atoms with E-state index in [1.165, 1.54) is 0 Å². The van der Waals surface area contributed by atoms with E-state index in [4.69, 9.17) is 17.3 Å². The van der Waals surface area contributed by atoms with Crippen molar-refractivity contribution in [3.05, 3.63) is 50.6 Å². The van der Waals surface area contributed by atoms with Gasteiger partial charge in [0.25, 0.3) is 0 Å². The van der Waals surface area contributed by atoms with Crippen molar-refractivity contribution in [1.82, 2.24) is 9.55 Å². The van der Waals surface area contributed by atoms with Crippen molar-refractivity contribution in [3.8, 4) is 0 Å². The zero-order valence-corrected chi connectivity index (χ0v) is 12.3. The molecule has 1 unspecified atom stereocenters. The summed E-state index contributed by atoms with van der Waals surface area (Å²) >= 11 is 8.28. The van der Waals surface area contributed by atoms with Gasteiger partial charge in [0.05, 0.1) is 6.04 Å². The monoisotopic (exact) mass is 361 g/mol. The lowest BCUT2D eigenvalue weighted by Gasteiger charge is -2.15. The van der Waals surface area contributed by atoms with Gasteiger partial charge in [-0.05, 0) is 53.3 Å². The van der Waals surface area contributed by atoms with Crippen molar-refractivity contribution in [2.45, 2.75) is 19.5 Å².